The molecule has 1 aliphatic heterocycles. The Morgan fingerprint density at radius 2 is 1.97 bits per heavy atom. The standard InChI is InChI=1S/C24H22ClNO7/c1-13-3-4-14(2)20(9-13)33-22-12-31-21-11-16(6-7-17(21)23(22)27)32-24(28)18-10-15(26(29)30)5-8-19(18)25/h3-5,8-10,12,16-17,21H,6-7,11H2,1-2H3. The van der Waals surface area contributed by atoms with Crippen molar-refractivity contribution in [2.75, 3.05) is 0 Å². The summed E-state index contributed by atoms with van der Waals surface area (Å²) in [6.07, 6.45) is 1.60. The maximum absolute atomic E-state index is 13.0. The minimum atomic E-state index is -0.747. The van der Waals surface area contributed by atoms with Crippen molar-refractivity contribution in [3.05, 3.63) is 80.2 Å². The van der Waals surface area contributed by atoms with Crippen molar-refractivity contribution in [2.24, 2.45) is 5.92 Å². The van der Waals surface area contributed by atoms with E-state index in [0.717, 1.165) is 17.2 Å². The SMILES string of the molecule is Cc1ccc(C)c(OC2=COC3CC(OC(=O)c4cc([N+](=O)[O-])ccc4Cl)CCC3C2=O)c1. The molecule has 1 heterocycles. The van der Waals surface area contributed by atoms with Gasteiger partial charge in [-0.15, -0.1) is 0 Å². The molecule has 33 heavy (non-hydrogen) atoms. The first kappa shape index (κ1) is 22.8. The van der Waals surface area contributed by atoms with Gasteiger partial charge in [-0.3, -0.25) is 14.9 Å². The molecule has 2 aromatic carbocycles. The van der Waals surface area contributed by atoms with E-state index in [4.69, 9.17) is 25.8 Å². The first-order valence-corrected chi connectivity index (χ1v) is 10.9. The fourth-order valence-corrected chi connectivity index (χ4v) is 4.24. The van der Waals surface area contributed by atoms with Crippen LogP contribution in [0.3, 0.4) is 0 Å². The molecule has 4 rings (SSSR count). The Balaban J connectivity index is 1.42. The number of rotatable bonds is 5. The molecular weight excluding hydrogens is 450 g/mol. The van der Waals surface area contributed by atoms with Crippen LogP contribution in [0, 0.1) is 29.9 Å². The maximum Gasteiger partial charge on any atom is 0.340 e. The zero-order valence-electron chi connectivity index (χ0n) is 18.1. The van der Waals surface area contributed by atoms with Gasteiger partial charge in [-0.1, -0.05) is 23.7 Å². The molecule has 8 nitrogen and oxygen atoms in total. The van der Waals surface area contributed by atoms with Crippen molar-refractivity contribution in [3.8, 4) is 5.75 Å². The Hall–Kier alpha value is -3.39. The molecule has 3 unspecified atom stereocenters. The maximum atomic E-state index is 13.0. The summed E-state index contributed by atoms with van der Waals surface area (Å²) >= 11 is 6.03. The van der Waals surface area contributed by atoms with Gasteiger partial charge in [-0.25, -0.2) is 4.79 Å². The number of nitrogens with zero attached hydrogens (tertiary/aromatic N) is 1. The summed E-state index contributed by atoms with van der Waals surface area (Å²) in [5.74, 6) is -0.522. The van der Waals surface area contributed by atoms with Gasteiger partial charge in [-0.2, -0.15) is 0 Å². The molecule has 0 bridgehead atoms. The number of allylic oxidation sites excluding steroid dienone is 1. The van der Waals surface area contributed by atoms with Crippen LogP contribution in [-0.4, -0.2) is 28.9 Å². The average molecular weight is 472 g/mol. The highest BCUT2D eigenvalue weighted by molar-refractivity contribution is 6.33. The summed E-state index contributed by atoms with van der Waals surface area (Å²) in [6, 6.07) is 9.36. The van der Waals surface area contributed by atoms with Gasteiger partial charge in [0.2, 0.25) is 11.5 Å². The smallest absolute Gasteiger partial charge is 0.340 e. The molecule has 0 radical (unpaired) electrons. The van der Waals surface area contributed by atoms with E-state index in [2.05, 4.69) is 0 Å². The second-order valence-electron chi connectivity index (χ2n) is 8.26. The number of aryl methyl sites for hydroxylation is 2. The Morgan fingerprint density at radius 1 is 1.18 bits per heavy atom. The number of ether oxygens (including phenoxy) is 3. The number of nitro groups is 1. The first-order chi connectivity index (χ1) is 15.7. The predicted octanol–water partition coefficient (Wildman–Crippen LogP) is 5.08. The van der Waals surface area contributed by atoms with Crippen molar-refractivity contribution in [3.63, 3.8) is 0 Å². The van der Waals surface area contributed by atoms with E-state index in [9.17, 15) is 19.7 Å². The Bertz CT molecular complexity index is 1160. The van der Waals surface area contributed by atoms with Crippen LogP contribution in [-0.2, 0) is 14.3 Å². The second kappa shape index (κ2) is 9.23. The Morgan fingerprint density at radius 3 is 2.73 bits per heavy atom. The summed E-state index contributed by atoms with van der Waals surface area (Å²) < 4.78 is 17.2. The summed E-state index contributed by atoms with van der Waals surface area (Å²) in [4.78, 5) is 36.0. The topological polar surface area (TPSA) is 105 Å². The number of ketones is 1. The van der Waals surface area contributed by atoms with Crippen molar-refractivity contribution in [2.45, 2.75) is 45.3 Å². The summed E-state index contributed by atoms with van der Waals surface area (Å²) in [5.41, 5.74) is 1.60. The summed E-state index contributed by atoms with van der Waals surface area (Å²) in [7, 11) is 0. The lowest BCUT2D eigenvalue weighted by molar-refractivity contribution is -0.384. The Labute approximate surface area is 195 Å². The fraction of sp³-hybridized carbons (Fsp3) is 0.333. The lowest BCUT2D eigenvalue weighted by Gasteiger charge is -2.36. The van der Waals surface area contributed by atoms with Gasteiger partial charge in [0, 0.05) is 18.6 Å². The Kier molecular flexibility index (Phi) is 6.37. The number of fused-ring (bicyclic) bond motifs is 1. The van der Waals surface area contributed by atoms with Crippen LogP contribution in [0.5, 0.6) is 5.75 Å². The molecule has 0 amide bonds. The minimum Gasteiger partial charge on any atom is -0.493 e. The number of carbonyl (C=O) groups is 2. The van der Waals surface area contributed by atoms with E-state index in [0.29, 0.717) is 25.0 Å². The number of non-ortho nitro benzene ring substituents is 1. The molecule has 2 aromatic rings. The third-order valence-electron chi connectivity index (χ3n) is 5.89. The zero-order chi connectivity index (χ0) is 23.7. The van der Waals surface area contributed by atoms with Crippen LogP contribution >= 0.6 is 11.6 Å². The van der Waals surface area contributed by atoms with Gasteiger partial charge < -0.3 is 14.2 Å². The highest BCUT2D eigenvalue weighted by atomic mass is 35.5. The molecule has 9 heteroatoms. The lowest BCUT2D eigenvalue weighted by Crippen LogP contribution is -2.43. The van der Waals surface area contributed by atoms with Gasteiger partial charge in [0.15, 0.2) is 0 Å². The third kappa shape index (κ3) is 4.85. The molecule has 0 saturated heterocycles. The monoisotopic (exact) mass is 471 g/mol. The van der Waals surface area contributed by atoms with Gasteiger partial charge in [0.1, 0.15) is 24.2 Å². The first-order valence-electron chi connectivity index (χ1n) is 10.5. The van der Waals surface area contributed by atoms with Gasteiger partial charge in [0.25, 0.3) is 5.69 Å². The molecule has 3 atom stereocenters. The van der Waals surface area contributed by atoms with Crippen LogP contribution in [0.15, 0.2) is 48.4 Å². The van der Waals surface area contributed by atoms with E-state index in [1.165, 1.54) is 18.4 Å². The number of hydrogen-bond donors (Lipinski definition) is 0. The number of carbonyl (C=O) groups excluding carboxylic acids is 2. The van der Waals surface area contributed by atoms with E-state index < -0.39 is 29.0 Å². The van der Waals surface area contributed by atoms with Crippen molar-refractivity contribution < 1.29 is 28.7 Å². The highest BCUT2D eigenvalue weighted by Crippen LogP contribution is 2.36. The van der Waals surface area contributed by atoms with E-state index in [1.54, 1.807) is 0 Å². The number of nitro benzene ring substituents is 1. The molecule has 2 aliphatic rings. The molecule has 1 saturated carbocycles. The van der Waals surface area contributed by atoms with Crippen molar-refractivity contribution >= 4 is 29.0 Å². The van der Waals surface area contributed by atoms with Gasteiger partial charge in [-0.05, 0) is 49.9 Å². The molecule has 172 valence electrons. The minimum absolute atomic E-state index is 0.0690. The van der Waals surface area contributed by atoms with Crippen molar-refractivity contribution in [1.29, 1.82) is 0 Å². The zero-order valence-corrected chi connectivity index (χ0v) is 18.8. The van der Waals surface area contributed by atoms with Crippen LogP contribution in [0.25, 0.3) is 0 Å². The third-order valence-corrected chi connectivity index (χ3v) is 6.22. The van der Waals surface area contributed by atoms with E-state index >= 15 is 0 Å². The van der Waals surface area contributed by atoms with Crippen LogP contribution < -0.4 is 4.74 Å². The molecule has 0 spiro atoms. The molecule has 0 aromatic heterocycles. The lowest BCUT2D eigenvalue weighted by atomic mass is 9.80. The van der Waals surface area contributed by atoms with Gasteiger partial charge >= 0.3 is 5.97 Å². The van der Waals surface area contributed by atoms with Gasteiger partial charge in [0.05, 0.1) is 21.4 Å². The fourth-order valence-electron chi connectivity index (χ4n) is 4.05. The molecule has 0 N–H and O–H groups in total. The highest BCUT2D eigenvalue weighted by Gasteiger charge is 2.42. The summed E-state index contributed by atoms with van der Waals surface area (Å²) in [5, 5.41) is 11.1. The second-order valence-corrected chi connectivity index (χ2v) is 8.67. The van der Waals surface area contributed by atoms with Crippen LogP contribution in [0.1, 0.15) is 40.7 Å². The molecule has 1 aliphatic carbocycles. The van der Waals surface area contributed by atoms with E-state index in [-0.39, 0.29) is 27.8 Å². The number of Topliss-reactive ketones (excluding diaryl/α,β-unsaturated/α-hetero) is 1. The number of hydrogen-bond acceptors (Lipinski definition) is 7. The summed E-state index contributed by atoms with van der Waals surface area (Å²) in [6.45, 7) is 3.85. The normalized spacial score (nSPS) is 22.0. The molecule has 1 fully saturated rings. The van der Waals surface area contributed by atoms with Crippen LogP contribution in [0.4, 0.5) is 5.69 Å². The average Bonchev–Trinajstić information content (AvgIpc) is 2.78. The van der Waals surface area contributed by atoms with Crippen molar-refractivity contribution in [1.82, 2.24) is 0 Å². The quantitative estimate of drug-likeness (QED) is 0.340. The van der Waals surface area contributed by atoms with Crippen LogP contribution in [0.2, 0.25) is 5.02 Å². The number of esters is 1. The van der Waals surface area contributed by atoms with E-state index in [1.807, 2.05) is 32.0 Å². The predicted molar refractivity (Wildman–Crippen MR) is 119 cm³/mol. The largest absolute Gasteiger partial charge is 0.493 e. The molecular formula is C24H22ClNO7. The number of halogens is 1. The number of benzene rings is 2.